The zero-order valence-corrected chi connectivity index (χ0v) is 17.6. The minimum Gasteiger partial charge on any atom is -0.457 e. The van der Waals surface area contributed by atoms with Gasteiger partial charge in [-0.3, -0.25) is 19.4 Å². The van der Waals surface area contributed by atoms with Gasteiger partial charge in [0.25, 0.3) is 17.6 Å². The SMILES string of the molecule is CNC(=O)c1cc(Oc2ccc(NC(=O)C(=O)c3ccc(Cl)c(C(F)(F)F)c3)cc2)ccn1. The van der Waals surface area contributed by atoms with E-state index in [4.69, 9.17) is 16.3 Å². The molecule has 0 aliphatic rings. The van der Waals surface area contributed by atoms with Crippen molar-refractivity contribution >= 4 is 34.9 Å². The van der Waals surface area contributed by atoms with Gasteiger partial charge in [0.15, 0.2) is 0 Å². The molecule has 0 bridgehead atoms. The molecule has 0 radical (unpaired) electrons. The van der Waals surface area contributed by atoms with Crippen LogP contribution in [0.3, 0.4) is 0 Å². The Kier molecular flexibility index (Phi) is 6.98. The molecule has 2 aromatic carbocycles. The van der Waals surface area contributed by atoms with Crippen molar-refractivity contribution in [2.24, 2.45) is 0 Å². The summed E-state index contributed by atoms with van der Waals surface area (Å²) in [6.45, 7) is 0. The Labute approximate surface area is 190 Å². The monoisotopic (exact) mass is 477 g/mol. The number of nitrogens with one attached hydrogen (secondary N) is 2. The molecule has 0 aliphatic heterocycles. The maximum absolute atomic E-state index is 13.0. The zero-order chi connectivity index (χ0) is 24.2. The number of carbonyl (C=O) groups is 3. The molecule has 0 aliphatic carbocycles. The maximum atomic E-state index is 13.0. The van der Waals surface area contributed by atoms with E-state index in [1.807, 2.05) is 0 Å². The number of hydrogen-bond donors (Lipinski definition) is 2. The summed E-state index contributed by atoms with van der Waals surface area (Å²) >= 11 is 5.53. The second-order valence-electron chi connectivity index (χ2n) is 6.56. The fourth-order valence-electron chi connectivity index (χ4n) is 2.67. The van der Waals surface area contributed by atoms with Crippen molar-refractivity contribution in [1.29, 1.82) is 0 Å². The number of pyridine rings is 1. The number of aromatic nitrogens is 1. The molecule has 0 atom stereocenters. The van der Waals surface area contributed by atoms with Crippen LogP contribution in [0.4, 0.5) is 18.9 Å². The number of ether oxygens (including phenoxy) is 1. The van der Waals surface area contributed by atoms with Crippen molar-refractivity contribution in [1.82, 2.24) is 10.3 Å². The highest BCUT2D eigenvalue weighted by atomic mass is 35.5. The second-order valence-corrected chi connectivity index (χ2v) is 6.97. The van der Waals surface area contributed by atoms with Gasteiger partial charge in [-0.25, -0.2) is 0 Å². The van der Waals surface area contributed by atoms with Gasteiger partial charge in [-0.15, -0.1) is 0 Å². The molecule has 0 fully saturated rings. The summed E-state index contributed by atoms with van der Waals surface area (Å²) in [5.74, 6) is -1.95. The van der Waals surface area contributed by atoms with Gasteiger partial charge in [0, 0.05) is 30.6 Å². The molecule has 2 N–H and O–H groups in total. The molecular weight excluding hydrogens is 463 g/mol. The highest BCUT2D eigenvalue weighted by molar-refractivity contribution is 6.46. The van der Waals surface area contributed by atoms with E-state index in [2.05, 4.69) is 15.6 Å². The van der Waals surface area contributed by atoms with E-state index in [1.165, 1.54) is 43.6 Å². The summed E-state index contributed by atoms with van der Waals surface area (Å²) in [5, 5.41) is 4.18. The van der Waals surface area contributed by atoms with Crippen LogP contribution in [0.15, 0.2) is 60.8 Å². The zero-order valence-electron chi connectivity index (χ0n) is 16.9. The minimum absolute atomic E-state index is 0.160. The van der Waals surface area contributed by atoms with E-state index in [9.17, 15) is 27.6 Å². The van der Waals surface area contributed by atoms with E-state index < -0.39 is 34.0 Å². The Bertz CT molecular complexity index is 1210. The highest BCUT2D eigenvalue weighted by Crippen LogP contribution is 2.35. The topological polar surface area (TPSA) is 97.4 Å². The lowest BCUT2D eigenvalue weighted by Crippen LogP contribution is -2.23. The number of benzene rings is 2. The first-order chi connectivity index (χ1) is 15.6. The Morgan fingerprint density at radius 1 is 0.970 bits per heavy atom. The molecule has 1 aromatic heterocycles. The van der Waals surface area contributed by atoms with Crippen molar-refractivity contribution in [2.45, 2.75) is 6.18 Å². The van der Waals surface area contributed by atoms with E-state index >= 15 is 0 Å². The summed E-state index contributed by atoms with van der Waals surface area (Å²) in [6.07, 6.45) is -3.36. The van der Waals surface area contributed by atoms with Crippen LogP contribution >= 0.6 is 11.6 Å². The fraction of sp³-hybridized carbons (Fsp3) is 0.0909. The summed E-state index contributed by atoms with van der Waals surface area (Å²) < 4.78 is 44.6. The van der Waals surface area contributed by atoms with Crippen molar-refractivity contribution in [3.8, 4) is 11.5 Å². The molecule has 11 heteroatoms. The van der Waals surface area contributed by atoms with Crippen LogP contribution < -0.4 is 15.4 Å². The predicted molar refractivity (Wildman–Crippen MR) is 114 cm³/mol. The van der Waals surface area contributed by atoms with Crippen LogP contribution in [0, 0.1) is 0 Å². The first-order valence-corrected chi connectivity index (χ1v) is 9.65. The molecule has 1 heterocycles. The number of halogens is 4. The molecule has 3 rings (SSSR count). The number of rotatable bonds is 6. The van der Waals surface area contributed by atoms with Crippen molar-refractivity contribution in [3.05, 3.63) is 82.6 Å². The Hall–Kier alpha value is -3.92. The largest absolute Gasteiger partial charge is 0.457 e. The standard InChI is InChI=1S/C22H15ClF3N3O4/c1-27-20(31)18-11-15(8-9-28-18)33-14-5-3-13(4-6-14)29-21(32)19(30)12-2-7-17(23)16(10-12)22(24,25)26/h2-11H,1H3,(H,27,31)(H,29,32). The summed E-state index contributed by atoms with van der Waals surface area (Å²) in [7, 11) is 1.47. The van der Waals surface area contributed by atoms with Crippen LogP contribution in [0.2, 0.25) is 5.02 Å². The highest BCUT2D eigenvalue weighted by Gasteiger charge is 2.34. The molecule has 0 spiro atoms. The van der Waals surface area contributed by atoms with Gasteiger partial charge in [0.1, 0.15) is 17.2 Å². The lowest BCUT2D eigenvalue weighted by molar-refractivity contribution is -0.137. The van der Waals surface area contributed by atoms with Crippen LogP contribution in [0.5, 0.6) is 11.5 Å². The molecule has 3 aromatic rings. The number of ketones is 1. The third kappa shape index (κ3) is 5.86. The normalized spacial score (nSPS) is 10.9. The Morgan fingerprint density at radius 2 is 1.67 bits per heavy atom. The lowest BCUT2D eigenvalue weighted by atomic mass is 10.1. The van der Waals surface area contributed by atoms with Gasteiger partial charge in [0.05, 0.1) is 10.6 Å². The van der Waals surface area contributed by atoms with Crippen molar-refractivity contribution in [2.75, 3.05) is 12.4 Å². The van der Waals surface area contributed by atoms with E-state index in [1.54, 1.807) is 6.07 Å². The number of hydrogen-bond acceptors (Lipinski definition) is 5. The van der Waals surface area contributed by atoms with Gasteiger partial charge in [-0.05, 0) is 48.5 Å². The van der Waals surface area contributed by atoms with Gasteiger partial charge < -0.3 is 15.4 Å². The molecule has 33 heavy (non-hydrogen) atoms. The van der Waals surface area contributed by atoms with Crippen molar-refractivity contribution < 1.29 is 32.3 Å². The molecular formula is C22H15ClF3N3O4. The van der Waals surface area contributed by atoms with Crippen LogP contribution in [0.1, 0.15) is 26.4 Å². The fourth-order valence-corrected chi connectivity index (χ4v) is 2.90. The number of anilines is 1. The average Bonchev–Trinajstić information content (AvgIpc) is 2.79. The van der Waals surface area contributed by atoms with Crippen LogP contribution in [0.25, 0.3) is 0 Å². The predicted octanol–water partition coefficient (Wildman–Crippen LogP) is 4.73. The maximum Gasteiger partial charge on any atom is 0.417 e. The molecule has 0 saturated carbocycles. The lowest BCUT2D eigenvalue weighted by Gasteiger charge is -2.11. The first-order valence-electron chi connectivity index (χ1n) is 9.27. The molecule has 7 nitrogen and oxygen atoms in total. The molecule has 0 saturated heterocycles. The number of Topliss-reactive ketones (excluding diaryl/α,β-unsaturated/α-hetero) is 1. The third-order valence-corrected chi connectivity index (χ3v) is 4.61. The molecule has 0 unspecified atom stereocenters. The summed E-state index contributed by atoms with van der Waals surface area (Å²) in [4.78, 5) is 40.1. The second kappa shape index (κ2) is 9.70. The summed E-state index contributed by atoms with van der Waals surface area (Å²) in [5.41, 5.74) is -1.28. The molecule has 2 amide bonds. The van der Waals surface area contributed by atoms with Crippen molar-refractivity contribution in [3.63, 3.8) is 0 Å². The average molecular weight is 478 g/mol. The minimum atomic E-state index is -4.77. The van der Waals surface area contributed by atoms with E-state index in [0.29, 0.717) is 17.6 Å². The number of alkyl halides is 3. The third-order valence-electron chi connectivity index (χ3n) is 4.28. The van der Waals surface area contributed by atoms with Crippen LogP contribution in [-0.2, 0) is 11.0 Å². The number of nitrogens with zero attached hydrogens (tertiary/aromatic N) is 1. The Morgan fingerprint density at radius 3 is 2.30 bits per heavy atom. The molecule has 170 valence electrons. The number of amides is 2. The van der Waals surface area contributed by atoms with Gasteiger partial charge >= 0.3 is 6.18 Å². The summed E-state index contributed by atoms with van der Waals surface area (Å²) in [6, 6.07) is 11.3. The quantitative estimate of drug-likeness (QED) is 0.395. The Balaban J connectivity index is 1.68. The van der Waals surface area contributed by atoms with E-state index in [-0.39, 0.29) is 17.3 Å². The smallest absolute Gasteiger partial charge is 0.417 e. The van der Waals surface area contributed by atoms with Crippen LogP contribution in [-0.4, -0.2) is 29.6 Å². The number of carbonyl (C=O) groups excluding carboxylic acids is 3. The van der Waals surface area contributed by atoms with E-state index in [0.717, 1.165) is 12.1 Å². The van der Waals surface area contributed by atoms with Gasteiger partial charge in [0.2, 0.25) is 0 Å². The van der Waals surface area contributed by atoms with Gasteiger partial charge in [-0.2, -0.15) is 13.2 Å². The first kappa shape index (κ1) is 23.7. The van der Waals surface area contributed by atoms with Gasteiger partial charge in [-0.1, -0.05) is 11.6 Å².